The maximum Gasteiger partial charge on any atom is 0.224 e. The molecular weight excluding hydrogens is 292 g/mol. The maximum atomic E-state index is 12.2. The van der Waals surface area contributed by atoms with Gasteiger partial charge in [-0.25, -0.2) is 0 Å². The number of hydrogen-bond donors (Lipinski definition) is 1. The molecule has 0 aromatic carbocycles. The van der Waals surface area contributed by atoms with E-state index < -0.39 is 0 Å². The summed E-state index contributed by atoms with van der Waals surface area (Å²) in [5, 5.41) is 12.7. The predicted octanol–water partition coefficient (Wildman–Crippen LogP) is 0.591. The van der Waals surface area contributed by atoms with Gasteiger partial charge in [-0.2, -0.15) is 5.26 Å². The summed E-state index contributed by atoms with van der Waals surface area (Å²) >= 11 is 0. The first-order chi connectivity index (χ1) is 11.2. The van der Waals surface area contributed by atoms with Gasteiger partial charge in [0.1, 0.15) is 0 Å². The Bertz CT molecular complexity index is 444. The van der Waals surface area contributed by atoms with E-state index in [-0.39, 0.29) is 17.9 Å². The Labute approximate surface area is 138 Å². The minimum absolute atomic E-state index is 0.191. The number of likely N-dealkylation sites (tertiary alicyclic amines) is 1. The molecule has 3 rings (SSSR count). The predicted molar refractivity (Wildman–Crippen MR) is 86.7 cm³/mol. The Balaban J connectivity index is 1.41. The molecule has 1 saturated carbocycles. The number of nitrogens with zero attached hydrogens (tertiary/aromatic N) is 3. The number of ether oxygens (including phenoxy) is 1. The summed E-state index contributed by atoms with van der Waals surface area (Å²) in [5.74, 6) is 0.458. The lowest BCUT2D eigenvalue weighted by atomic mass is 9.86. The molecule has 6 nitrogen and oxygen atoms in total. The highest BCUT2D eigenvalue weighted by molar-refractivity contribution is 5.79. The lowest BCUT2D eigenvalue weighted by molar-refractivity contribution is -0.128. The highest BCUT2D eigenvalue weighted by atomic mass is 16.5. The number of morpholine rings is 1. The van der Waals surface area contributed by atoms with E-state index in [1.807, 2.05) is 4.90 Å². The molecule has 0 spiro atoms. The second kappa shape index (κ2) is 8.09. The average Bonchev–Trinajstić information content (AvgIpc) is 2.93. The highest BCUT2D eigenvalue weighted by Gasteiger charge is 2.32. The van der Waals surface area contributed by atoms with Gasteiger partial charge in [0.05, 0.1) is 19.3 Å². The van der Waals surface area contributed by atoms with Crippen molar-refractivity contribution in [3.05, 3.63) is 0 Å². The molecule has 3 aliphatic rings. The van der Waals surface area contributed by atoms with Crippen LogP contribution in [0.5, 0.6) is 0 Å². The SMILES string of the molecule is N#C[C@@H]1CCC[C@@H](N[C@@H]2CC(=O)N(CCN3CCOCC3)C2)C1. The molecule has 1 aliphatic carbocycles. The highest BCUT2D eigenvalue weighted by Crippen LogP contribution is 2.25. The first-order valence-electron chi connectivity index (χ1n) is 8.98. The second-order valence-electron chi connectivity index (χ2n) is 7.05. The van der Waals surface area contributed by atoms with E-state index >= 15 is 0 Å². The van der Waals surface area contributed by atoms with E-state index in [4.69, 9.17) is 10.00 Å². The van der Waals surface area contributed by atoms with Crippen LogP contribution in [0.15, 0.2) is 0 Å². The van der Waals surface area contributed by atoms with Crippen molar-refractivity contribution in [3.8, 4) is 6.07 Å². The zero-order valence-corrected chi connectivity index (χ0v) is 13.9. The van der Waals surface area contributed by atoms with E-state index in [9.17, 15) is 4.79 Å². The number of rotatable bonds is 5. The Morgan fingerprint density at radius 1 is 1.22 bits per heavy atom. The molecule has 2 saturated heterocycles. The molecule has 1 N–H and O–H groups in total. The molecule has 3 fully saturated rings. The van der Waals surface area contributed by atoms with Crippen molar-refractivity contribution in [1.82, 2.24) is 15.1 Å². The van der Waals surface area contributed by atoms with Crippen molar-refractivity contribution >= 4 is 5.91 Å². The molecule has 0 aromatic rings. The van der Waals surface area contributed by atoms with Gasteiger partial charge in [-0.15, -0.1) is 0 Å². The fourth-order valence-electron chi connectivity index (χ4n) is 3.98. The van der Waals surface area contributed by atoms with Gasteiger partial charge >= 0.3 is 0 Å². The third-order valence-electron chi connectivity index (χ3n) is 5.33. The summed E-state index contributed by atoms with van der Waals surface area (Å²) in [6.45, 7) is 6.14. The van der Waals surface area contributed by atoms with Gasteiger partial charge in [0.2, 0.25) is 5.91 Å². The third-order valence-corrected chi connectivity index (χ3v) is 5.33. The van der Waals surface area contributed by atoms with E-state index in [0.29, 0.717) is 12.5 Å². The van der Waals surface area contributed by atoms with Crippen molar-refractivity contribution in [3.63, 3.8) is 0 Å². The van der Waals surface area contributed by atoms with E-state index in [0.717, 1.165) is 71.6 Å². The summed E-state index contributed by atoms with van der Waals surface area (Å²) in [5.41, 5.74) is 0. The van der Waals surface area contributed by atoms with Crippen LogP contribution in [0.2, 0.25) is 0 Å². The van der Waals surface area contributed by atoms with Crippen molar-refractivity contribution < 1.29 is 9.53 Å². The number of nitrogens with one attached hydrogen (secondary N) is 1. The molecule has 3 atom stereocenters. The van der Waals surface area contributed by atoms with Gasteiger partial charge in [-0.05, 0) is 19.3 Å². The Hall–Kier alpha value is -1.16. The minimum Gasteiger partial charge on any atom is -0.379 e. The Kier molecular flexibility index (Phi) is 5.87. The smallest absolute Gasteiger partial charge is 0.224 e. The van der Waals surface area contributed by atoms with Crippen LogP contribution in [0.1, 0.15) is 32.1 Å². The zero-order valence-electron chi connectivity index (χ0n) is 13.9. The van der Waals surface area contributed by atoms with Gasteiger partial charge in [-0.3, -0.25) is 9.69 Å². The average molecular weight is 320 g/mol. The molecule has 0 unspecified atom stereocenters. The number of hydrogen-bond acceptors (Lipinski definition) is 5. The van der Waals surface area contributed by atoms with Crippen LogP contribution < -0.4 is 5.32 Å². The molecule has 2 heterocycles. The molecule has 2 aliphatic heterocycles. The Morgan fingerprint density at radius 2 is 2.04 bits per heavy atom. The molecule has 23 heavy (non-hydrogen) atoms. The number of amides is 1. The van der Waals surface area contributed by atoms with Crippen LogP contribution in [-0.2, 0) is 9.53 Å². The summed E-state index contributed by atoms with van der Waals surface area (Å²) in [7, 11) is 0. The monoisotopic (exact) mass is 320 g/mol. The maximum absolute atomic E-state index is 12.2. The van der Waals surface area contributed by atoms with E-state index in [1.165, 1.54) is 0 Å². The van der Waals surface area contributed by atoms with Gasteiger partial charge in [0.15, 0.2) is 0 Å². The third kappa shape index (κ3) is 4.66. The summed E-state index contributed by atoms with van der Waals surface area (Å²) < 4.78 is 5.36. The topological polar surface area (TPSA) is 68.6 Å². The second-order valence-corrected chi connectivity index (χ2v) is 7.05. The van der Waals surface area contributed by atoms with Crippen molar-refractivity contribution in [2.24, 2.45) is 5.92 Å². The van der Waals surface area contributed by atoms with Gasteiger partial charge < -0.3 is 15.0 Å². The number of nitriles is 1. The van der Waals surface area contributed by atoms with Gasteiger partial charge in [0.25, 0.3) is 0 Å². The Morgan fingerprint density at radius 3 is 2.83 bits per heavy atom. The standard InChI is InChI=1S/C17H28N4O2/c18-12-14-2-1-3-15(10-14)19-16-11-17(22)21(13-16)5-4-20-6-8-23-9-7-20/h14-16,19H,1-11,13H2/t14-,15-,16-/m1/s1. The van der Waals surface area contributed by atoms with Crippen LogP contribution in [0, 0.1) is 17.2 Å². The van der Waals surface area contributed by atoms with Gasteiger partial charge in [0, 0.05) is 57.1 Å². The first kappa shape index (κ1) is 16.7. The zero-order chi connectivity index (χ0) is 16.1. The van der Waals surface area contributed by atoms with Crippen LogP contribution >= 0.6 is 0 Å². The molecule has 0 radical (unpaired) electrons. The molecule has 0 bridgehead atoms. The summed E-state index contributed by atoms with van der Waals surface area (Å²) in [6.07, 6.45) is 4.84. The van der Waals surface area contributed by atoms with Crippen molar-refractivity contribution in [2.75, 3.05) is 45.9 Å². The first-order valence-corrected chi connectivity index (χ1v) is 8.98. The van der Waals surface area contributed by atoms with E-state index in [2.05, 4.69) is 16.3 Å². The number of carbonyl (C=O) groups excluding carboxylic acids is 1. The normalized spacial score (nSPS) is 32.9. The summed E-state index contributed by atoms with van der Waals surface area (Å²) in [4.78, 5) is 16.6. The molecule has 6 heteroatoms. The fraction of sp³-hybridized carbons (Fsp3) is 0.882. The number of carbonyl (C=O) groups is 1. The molecule has 128 valence electrons. The van der Waals surface area contributed by atoms with Gasteiger partial charge in [-0.1, -0.05) is 6.42 Å². The lowest BCUT2D eigenvalue weighted by Gasteiger charge is -2.30. The lowest BCUT2D eigenvalue weighted by Crippen LogP contribution is -2.44. The van der Waals surface area contributed by atoms with Crippen molar-refractivity contribution in [1.29, 1.82) is 5.26 Å². The van der Waals surface area contributed by atoms with Crippen molar-refractivity contribution in [2.45, 2.75) is 44.2 Å². The van der Waals surface area contributed by atoms with Crippen LogP contribution in [0.25, 0.3) is 0 Å². The van der Waals surface area contributed by atoms with Crippen LogP contribution in [0.3, 0.4) is 0 Å². The quantitative estimate of drug-likeness (QED) is 0.803. The van der Waals surface area contributed by atoms with E-state index in [1.54, 1.807) is 0 Å². The largest absolute Gasteiger partial charge is 0.379 e. The van der Waals surface area contributed by atoms with Crippen LogP contribution in [0.4, 0.5) is 0 Å². The summed E-state index contributed by atoms with van der Waals surface area (Å²) in [6, 6.07) is 3.07. The van der Waals surface area contributed by atoms with Crippen LogP contribution in [-0.4, -0.2) is 73.7 Å². The fourth-order valence-corrected chi connectivity index (χ4v) is 3.98. The molecule has 0 aromatic heterocycles. The molecule has 1 amide bonds. The molecular formula is C17H28N4O2. The minimum atomic E-state index is 0.191.